The van der Waals surface area contributed by atoms with Crippen molar-refractivity contribution in [1.29, 1.82) is 0 Å². The van der Waals surface area contributed by atoms with Gasteiger partial charge in [-0.15, -0.1) is 0 Å². The van der Waals surface area contributed by atoms with Gasteiger partial charge in [0.25, 0.3) is 0 Å². The minimum absolute atomic E-state index is 0.863. The van der Waals surface area contributed by atoms with E-state index in [1.165, 1.54) is 16.8 Å². The second-order valence-electron chi connectivity index (χ2n) is 4.26. The van der Waals surface area contributed by atoms with Gasteiger partial charge in [0.2, 0.25) is 0 Å². The minimum Gasteiger partial charge on any atom is -0.334 e. The SMILES string of the molecule is CCn1cncc1CNCc1cccc(C)c1. The van der Waals surface area contributed by atoms with Crippen molar-refractivity contribution in [2.45, 2.75) is 33.5 Å². The van der Waals surface area contributed by atoms with Gasteiger partial charge in [-0.2, -0.15) is 0 Å². The molecule has 0 bridgehead atoms. The molecule has 90 valence electrons. The number of rotatable bonds is 5. The van der Waals surface area contributed by atoms with Crippen molar-refractivity contribution in [3.05, 3.63) is 53.6 Å². The zero-order valence-corrected chi connectivity index (χ0v) is 10.5. The highest BCUT2D eigenvalue weighted by molar-refractivity contribution is 5.22. The second-order valence-corrected chi connectivity index (χ2v) is 4.26. The van der Waals surface area contributed by atoms with Crippen molar-refractivity contribution in [3.8, 4) is 0 Å². The molecule has 0 spiro atoms. The predicted octanol–water partition coefficient (Wildman–Crippen LogP) is 2.50. The molecule has 17 heavy (non-hydrogen) atoms. The predicted molar refractivity (Wildman–Crippen MR) is 69.6 cm³/mol. The van der Waals surface area contributed by atoms with Gasteiger partial charge in [0.15, 0.2) is 0 Å². The first-order valence-electron chi connectivity index (χ1n) is 6.05. The summed E-state index contributed by atoms with van der Waals surface area (Å²) in [7, 11) is 0. The molecule has 0 aliphatic rings. The molecule has 0 aliphatic heterocycles. The lowest BCUT2D eigenvalue weighted by Gasteiger charge is -2.07. The number of nitrogens with one attached hydrogen (secondary N) is 1. The van der Waals surface area contributed by atoms with Gasteiger partial charge < -0.3 is 9.88 Å². The Morgan fingerprint density at radius 3 is 2.94 bits per heavy atom. The van der Waals surface area contributed by atoms with Crippen LogP contribution in [0.3, 0.4) is 0 Å². The van der Waals surface area contributed by atoms with Crippen molar-refractivity contribution in [3.63, 3.8) is 0 Å². The summed E-state index contributed by atoms with van der Waals surface area (Å²) in [6, 6.07) is 8.58. The van der Waals surface area contributed by atoms with Gasteiger partial charge in [0.1, 0.15) is 0 Å². The lowest BCUT2D eigenvalue weighted by atomic mass is 10.1. The summed E-state index contributed by atoms with van der Waals surface area (Å²) in [6.07, 6.45) is 3.80. The Labute approximate surface area is 103 Å². The molecule has 2 aromatic rings. The van der Waals surface area contributed by atoms with Crippen LogP contribution < -0.4 is 5.32 Å². The average molecular weight is 229 g/mol. The normalized spacial score (nSPS) is 10.7. The van der Waals surface area contributed by atoms with Crippen molar-refractivity contribution in [2.75, 3.05) is 0 Å². The molecule has 1 aromatic heterocycles. The summed E-state index contributed by atoms with van der Waals surface area (Å²) in [5, 5.41) is 3.45. The Kier molecular flexibility index (Phi) is 3.94. The van der Waals surface area contributed by atoms with E-state index in [1.54, 1.807) is 0 Å². The molecule has 0 unspecified atom stereocenters. The van der Waals surface area contributed by atoms with Gasteiger partial charge in [0.05, 0.1) is 12.0 Å². The summed E-state index contributed by atoms with van der Waals surface area (Å²) < 4.78 is 2.16. The molecule has 3 heteroatoms. The Balaban J connectivity index is 1.87. The Morgan fingerprint density at radius 1 is 1.29 bits per heavy atom. The molecular weight excluding hydrogens is 210 g/mol. The molecule has 1 heterocycles. The van der Waals surface area contributed by atoms with E-state index in [0.29, 0.717) is 0 Å². The number of benzene rings is 1. The molecule has 0 atom stereocenters. The van der Waals surface area contributed by atoms with Gasteiger partial charge in [-0.05, 0) is 19.4 Å². The number of hydrogen-bond acceptors (Lipinski definition) is 2. The Hall–Kier alpha value is -1.61. The summed E-state index contributed by atoms with van der Waals surface area (Å²) in [6.45, 7) is 6.99. The lowest BCUT2D eigenvalue weighted by Crippen LogP contribution is -2.15. The van der Waals surface area contributed by atoms with E-state index in [1.807, 2.05) is 12.5 Å². The van der Waals surface area contributed by atoms with Crippen LogP contribution in [0.4, 0.5) is 0 Å². The molecule has 0 saturated carbocycles. The maximum absolute atomic E-state index is 4.16. The van der Waals surface area contributed by atoms with E-state index in [0.717, 1.165) is 19.6 Å². The van der Waals surface area contributed by atoms with Gasteiger partial charge >= 0.3 is 0 Å². The van der Waals surface area contributed by atoms with Crippen molar-refractivity contribution < 1.29 is 0 Å². The van der Waals surface area contributed by atoms with Crippen LogP contribution in [-0.2, 0) is 19.6 Å². The highest BCUT2D eigenvalue weighted by atomic mass is 15.1. The van der Waals surface area contributed by atoms with Gasteiger partial charge in [-0.1, -0.05) is 29.8 Å². The van der Waals surface area contributed by atoms with Crippen LogP contribution >= 0.6 is 0 Å². The maximum atomic E-state index is 4.16. The summed E-state index contributed by atoms with van der Waals surface area (Å²) in [5.74, 6) is 0. The molecule has 1 aromatic carbocycles. The van der Waals surface area contributed by atoms with Crippen LogP contribution in [0, 0.1) is 6.92 Å². The van der Waals surface area contributed by atoms with E-state index in [9.17, 15) is 0 Å². The van der Waals surface area contributed by atoms with Crippen LogP contribution in [0.1, 0.15) is 23.7 Å². The molecule has 2 rings (SSSR count). The zero-order chi connectivity index (χ0) is 12.1. The fraction of sp³-hybridized carbons (Fsp3) is 0.357. The van der Waals surface area contributed by atoms with Crippen molar-refractivity contribution in [1.82, 2.24) is 14.9 Å². The van der Waals surface area contributed by atoms with Gasteiger partial charge in [-0.25, -0.2) is 4.98 Å². The van der Waals surface area contributed by atoms with Crippen LogP contribution in [-0.4, -0.2) is 9.55 Å². The summed E-state index contributed by atoms with van der Waals surface area (Å²) >= 11 is 0. The van der Waals surface area contributed by atoms with Crippen molar-refractivity contribution >= 4 is 0 Å². The highest BCUT2D eigenvalue weighted by Gasteiger charge is 1.99. The highest BCUT2D eigenvalue weighted by Crippen LogP contribution is 2.04. The number of aromatic nitrogens is 2. The quantitative estimate of drug-likeness (QED) is 0.853. The standard InChI is InChI=1S/C14H19N3/c1-3-17-11-16-10-14(17)9-15-8-13-6-4-5-12(2)7-13/h4-7,10-11,15H,3,8-9H2,1-2H3. The lowest BCUT2D eigenvalue weighted by molar-refractivity contribution is 0.628. The van der Waals surface area contributed by atoms with Crippen molar-refractivity contribution in [2.24, 2.45) is 0 Å². The summed E-state index contributed by atoms with van der Waals surface area (Å²) in [5.41, 5.74) is 3.87. The van der Waals surface area contributed by atoms with E-state index in [-0.39, 0.29) is 0 Å². The molecule has 0 radical (unpaired) electrons. The largest absolute Gasteiger partial charge is 0.334 e. The smallest absolute Gasteiger partial charge is 0.0948 e. The molecule has 0 saturated heterocycles. The maximum Gasteiger partial charge on any atom is 0.0948 e. The van der Waals surface area contributed by atoms with Crippen LogP contribution in [0.2, 0.25) is 0 Å². The average Bonchev–Trinajstić information content (AvgIpc) is 2.77. The molecular formula is C14H19N3. The minimum atomic E-state index is 0.863. The van der Waals surface area contributed by atoms with E-state index in [2.05, 4.69) is 53.0 Å². The van der Waals surface area contributed by atoms with Gasteiger partial charge in [0, 0.05) is 25.8 Å². The Morgan fingerprint density at radius 2 is 2.18 bits per heavy atom. The molecule has 0 amide bonds. The van der Waals surface area contributed by atoms with Crippen LogP contribution in [0.5, 0.6) is 0 Å². The third-order valence-corrected chi connectivity index (χ3v) is 2.86. The Bertz CT molecular complexity index is 474. The third kappa shape index (κ3) is 3.17. The van der Waals surface area contributed by atoms with E-state index < -0.39 is 0 Å². The second kappa shape index (κ2) is 5.64. The van der Waals surface area contributed by atoms with E-state index >= 15 is 0 Å². The molecule has 1 N–H and O–H groups in total. The summed E-state index contributed by atoms with van der Waals surface area (Å²) in [4.78, 5) is 4.16. The number of aryl methyl sites for hydroxylation is 2. The first-order chi connectivity index (χ1) is 8.29. The molecule has 3 nitrogen and oxygen atoms in total. The molecule has 0 aliphatic carbocycles. The first kappa shape index (κ1) is 11.9. The van der Waals surface area contributed by atoms with Crippen LogP contribution in [0.25, 0.3) is 0 Å². The van der Waals surface area contributed by atoms with Gasteiger partial charge in [-0.3, -0.25) is 0 Å². The monoisotopic (exact) mass is 229 g/mol. The number of imidazole rings is 1. The number of nitrogens with zero attached hydrogens (tertiary/aromatic N) is 2. The topological polar surface area (TPSA) is 29.9 Å². The fourth-order valence-corrected chi connectivity index (χ4v) is 1.94. The zero-order valence-electron chi connectivity index (χ0n) is 10.5. The van der Waals surface area contributed by atoms with E-state index in [4.69, 9.17) is 0 Å². The number of hydrogen-bond donors (Lipinski definition) is 1. The van der Waals surface area contributed by atoms with Crippen LogP contribution in [0.15, 0.2) is 36.8 Å². The first-order valence-corrected chi connectivity index (χ1v) is 6.05. The third-order valence-electron chi connectivity index (χ3n) is 2.86. The molecule has 0 fully saturated rings. The fourth-order valence-electron chi connectivity index (χ4n) is 1.94.